The summed E-state index contributed by atoms with van der Waals surface area (Å²) in [6.07, 6.45) is 0. The van der Waals surface area contributed by atoms with E-state index in [0.29, 0.717) is 34.7 Å². The van der Waals surface area contributed by atoms with Gasteiger partial charge in [-0.2, -0.15) is 5.10 Å². The number of halogens is 1. The lowest BCUT2D eigenvalue weighted by Crippen LogP contribution is -2.35. The molecule has 25 heavy (non-hydrogen) atoms. The van der Waals surface area contributed by atoms with Gasteiger partial charge in [-0.15, -0.1) is 0 Å². The Kier molecular flexibility index (Phi) is 4.67. The molecular weight excluding hydrogens is 390 g/mol. The van der Waals surface area contributed by atoms with Crippen LogP contribution in [-0.4, -0.2) is 39.3 Å². The Morgan fingerprint density at radius 2 is 1.84 bits per heavy atom. The highest BCUT2D eigenvalue weighted by Gasteiger charge is 2.16. The second-order valence-electron chi connectivity index (χ2n) is 5.69. The maximum absolute atomic E-state index is 12.3. The molecule has 0 aromatic carbocycles. The van der Waals surface area contributed by atoms with Crippen molar-refractivity contribution < 1.29 is 14.0 Å². The highest BCUT2D eigenvalue weighted by Crippen LogP contribution is 2.25. The first-order valence-electron chi connectivity index (χ1n) is 7.68. The number of carbonyl (C=O) groups excluding carboxylic acids is 2. The van der Waals surface area contributed by atoms with Gasteiger partial charge in [0.15, 0.2) is 10.3 Å². The summed E-state index contributed by atoms with van der Waals surface area (Å²) in [5.74, 6) is -0.493. The van der Waals surface area contributed by atoms with Crippen LogP contribution in [0.3, 0.4) is 0 Å². The van der Waals surface area contributed by atoms with E-state index >= 15 is 0 Å². The van der Waals surface area contributed by atoms with E-state index in [2.05, 4.69) is 31.7 Å². The number of aryl methyl sites for hydroxylation is 3. The molecule has 2 N–H and O–H groups in total. The number of aromatic nitrogens is 3. The molecule has 0 aliphatic rings. The average molecular weight is 408 g/mol. The van der Waals surface area contributed by atoms with Gasteiger partial charge in [-0.1, -0.05) is 0 Å². The quantitative estimate of drug-likeness (QED) is 0.629. The zero-order valence-corrected chi connectivity index (χ0v) is 15.7. The van der Waals surface area contributed by atoms with Gasteiger partial charge >= 0.3 is 0 Å². The van der Waals surface area contributed by atoms with Crippen LogP contribution in [0.4, 0.5) is 0 Å². The molecule has 9 heteroatoms. The fraction of sp³-hybridized carbons (Fsp3) is 0.312. The van der Waals surface area contributed by atoms with Gasteiger partial charge in [0, 0.05) is 45.0 Å². The summed E-state index contributed by atoms with van der Waals surface area (Å²) in [5.41, 5.74) is 3.22. The van der Waals surface area contributed by atoms with E-state index in [9.17, 15) is 9.59 Å². The smallest absolute Gasteiger partial charge is 0.271 e. The molecule has 0 aliphatic heterocycles. The van der Waals surface area contributed by atoms with Gasteiger partial charge < -0.3 is 19.6 Å². The molecule has 3 aromatic rings. The standard InChI is InChI=1S/C16H18BrN5O3/c1-9-6-10(20-22(9)3)15(23)18-4-5-19-16(24)12-7-13-11(21(12)2)8-14(17)25-13/h6-8H,4-5H2,1-3H3,(H,18,23)(H,19,24). The van der Waals surface area contributed by atoms with Crippen molar-refractivity contribution in [3.63, 3.8) is 0 Å². The van der Waals surface area contributed by atoms with Gasteiger partial charge in [0.2, 0.25) is 0 Å². The Labute approximate surface area is 152 Å². The molecule has 0 fully saturated rings. The number of nitrogens with zero attached hydrogens (tertiary/aromatic N) is 3. The highest BCUT2D eigenvalue weighted by molar-refractivity contribution is 9.10. The lowest BCUT2D eigenvalue weighted by molar-refractivity contribution is 0.0921. The van der Waals surface area contributed by atoms with E-state index in [0.717, 1.165) is 11.2 Å². The third-order valence-corrected chi connectivity index (χ3v) is 4.37. The number of furan rings is 1. The lowest BCUT2D eigenvalue weighted by Gasteiger charge is -2.07. The van der Waals surface area contributed by atoms with Gasteiger partial charge in [0.25, 0.3) is 11.8 Å². The van der Waals surface area contributed by atoms with Crippen molar-refractivity contribution in [3.05, 3.63) is 40.0 Å². The molecule has 0 saturated heterocycles. The summed E-state index contributed by atoms with van der Waals surface area (Å²) in [6.45, 7) is 2.50. The lowest BCUT2D eigenvalue weighted by atomic mass is 10.3. The summed E-state index contributed by atoms with van der Waals surface area (Å²) >= 11 is 3.26. The van der Waals surface area contributed by atoms with Crippen molar-refractivity contribution in [2.24, 2.45) is 14.1 Å². The number of amides is 2. The molecule has 0 bridgehead atoms. The summed E-state index contributed by atoms with van der Waals surface area (Å²) < 4.78 is 9.46. The minimum atomic E-state index is -0.265. The first-order valence-corrected chi connectivity index (χ1v) is 8.48. The Bertz CT molecular complexity index is 933. The number of nitrogens with one attached hydrogen (secondary N) is 2. The normalized spacial score (nSPS) is 11.0. The van der Waals surface area contributed by atoms with Crippen molar-refractivity contribution in [1.29, 1.82) is 0 Å². The maximum Gasteiger partial charge on any atom is 0.271 e. The third-order valence-electron chi connectivity index (χ3n) is 3.98. The second kappa shape index (κ2) is 6.75. The Morgan fingerprint density at radius 3 is 2.44 bits per heavy atom. The maximum atomic E-state index is 12.3. The van der Waals surface area contributed by atoms with E-state index in [1.54, 1.807) is 41.5 Å². The van der Waals surface area contributed by atoms with Crippen molar-refractivity contribution in [1.82, 2.24) is 25.0 Å². The molecule has 0 aliphatic carbocycles. The number of hydrogen-bond acceptors (Lipinski definition) is 4. The minimum Gasteiger partial charge on any atom is -0.448 e. The Morgan fingerprint density at radius 1 is 1.16 bits per heavy atom. The fourth-order valence-electron chi connectivity index (χ4n) is 2.50. The number of hydrogen-bond donors (Lipinski definition) is 2. The van der Waals surface area contributed by atoms with Gasteiger partial charge in [0.05, 0.1) is 5.52 Å². The molecule has 3 aromatic heterocycles. The minimum absolute atomic E-state index is 0.229. The third kappa shape index (κ3) is 3.46. The van der Waals surface area contributed by atoms with Gasteiger partial charge in [-0.3, -0.25) is 14.3 Å². The van der Waals surface area contributed by atoms with Crippen LogP contribution < -0.4 is 10.6 Å². The van der Waals surface area contributed by atoms with Gasteiger partial charge in [-0.25, -0.2) is 0 Å². The van der Waals surface area contributed by atoms with Crippen molar-refractivity contribution >= 4 is 38.8 Å². The van der Waals surface area contributed by atoms with E-state index in [-0.39, 0.29) is 11.8 Å². The molecule has 0 saturated carbocycles. The van der Waals surface area contributed by atoms with Crippen LogP contribution in [0.25, 0.3) is 11.1 Å². The summed E-state index contributed by atoms with van der Waals surface area (Å²) in [6, 6.07) is 5.21. The largest absolute Gasteiger partial charge is 0.448 e. The van der Waals surface area contributed by atoms with Crippen LogP contribution in [-0.2, 0) is 14.1 Å². The molecule has 3 heterocycles. The van der Waals surface area contributed by atoms with E-state index in [4.69, 9.17) is 4.42 Å². The summed E-state index contributed by atoms with van der Waals surface area (Å²) in [4.78, 5) is 24.2. The molecule has 8 nitrogen and oxygen atoms in total. The van der Waals surface area contributed by atoms with Crippen LogP contribution in [0.5, 0.6) is 0 Å². The molecule has 0 radical (unpaired) electrons. The second-order valence-corrected chi connectivity index (χ2v) is 6.48. The molecule has 0 spiro atoms. The summed E-state index contributed by atoms with van der Waals surface area (Å²) in [5, 5.41) is 9.61. The Hall–Kier alpha value is -2.55. The number of carbonyl (C=O) groups is 2. The topological polar surface area (TPSA) is 94.1 Å². The first kappa shape index (κ1) is 17.3. The zero-order chi connectivity index (χ0) is 18.1. The predicted octanol–water partition coefficient (Wildman–Crippen LogP) is 1.74. The van der Waals surface area contributed by atoms with Crippen LogP contribution in [0.1, 0.15) is 26.7 Å². The van der Waals surface area contributed by atoms with Gasteiger partial charge in [0.1, 0.15) is 11.4 Å². The van der Waals surface area contributed by atoms with E-state index in [1.807, 2.05) is 6.92 Å². The SMILES string of the molecule is Cc1cc(C(=O)NCCNC(=O)c2cc3oc(Br)cc3n2C)nn1C. The van der Waals surface area contributed by atoms with Crippen molar-refractivity contribution in [2.75, 3.05) is 13.1 Å². The predicted molar refractivity (Wildman–Crippen MR) is 95.5 cm³/mol. The average Bonchev–Trinajstić information content (AvgIpc) is 3.19. The van der Waals surface area contributed by atoms with Crippen LogP contribution in [0.2, 0.25) is 0 Å². The molecule has 2 amide bonds. The van der Waals surface area contributed by atoms with Crippen LogP contribution in [0.15, 0.2) is 27.3 Å². The van der Waals surface area contributed by atoms with E-state index < -0.39 is 0 Å². The highest BCUT2D eigenvalue weighted by atomic mass is 79.9. The van der Waals surface area contributed by atoms with Crippen molar-refractivity contribution in [3.8, 4) is 0 Å². The van der Waals surface area contributed by atoms with E-state index in [1.165, 1.54) is 0 Å². The Balaban J connectivity index is 1.52. The zero-order valence-electron chi connectivity index (χ0n) is 14.1. The van der Waals surface area contributed by atoms with Gasteiger partial charge in [-0.05, 0) is 28.9 Å². The fourth-order valence-corrected chi connectivity index (χ4v) is 2.90. The number of fused-ring (bicyclic) bond motifs is 1. The number of rotatable bonds is 5. The van der Waals surface area contributed by atoms with Crippen molar-refractivity contribution in [2.45, 2.75) is 6.92 Å². The monoisotopic (exact) mass is 407 g/mol. The molecule has 0 unspecified atom stereocenters. The van der Waals surface area contributed by atoms with Crippen LogP contribution in [0, 0.1) is 6.92 Å². The molecule has 0 atom stereocenters. The summed E-state index contributed by atoms with van der Waals surface area (Å²) in [7, 11) is 3.57. The first-order chi connectivity index (χ1) is 11.9. The van der Waals surface area contributed by atoms with Crippen LogP contribution >= 0.6 is 15.9 Å². The molecule has 132 valence electrons. The molecule has 3 rings (SSSR count). The molecular formula is C16H18BrN5O3.